The maximum atomic E-state index is 12.6. The fourth-order valence-corrected chi connectivity index (χ4v) is 1.42. The van der Waals surface area contributed by atoms with Crippen LogP contribution in [-0.2, 0) is 12.7 Å². The highest BCUT2D eigenvalue weighted by molar-refractivity contribution is 5.10. The topological polar surface area (TPSA) is 34.0 Å². The third-order valence-corrected chi connectivity index (χ3v) is 2.18. The highest BCUT2D eigenvalue weighted by Gasteiger charge is 2.34. The lowest BCUT2D eigenvalue weighted by Crippen LogP contribution is -2.35. The lowest BCUT2D eigenvalue weighted by atomic mass is 10.3. The van der Waals surface area contributed by atoms with Crippen molar-refractivity contribution >= 4 is 0 Å². The van der Waals surface area contributed by atoms with E-state index in [0.717, 1.165) is 12.1 Å². The third kappa shape index (κ3) is 4.93. The number of hydrogen-bond acceptors (Lipinski definition) is 2. The first kappa shape index (κ1) is 15.5. The Kier molecular flexibility index (Phi) is 4.61. The van der Waals surface area contributed by atoms with Crippen molar-refractivity contribution in [3.05, 3.63) is 34.2 Å². The second-order valence-corrected chi connectivity index (χ2v) is 3.69. The van der Waals surface area contributed by atoms with Crippen LogP contribution in [0.5, 0.6) is 0 Å². The summed E-state index contributed by atoms with van der Waals surface area (Å²) in [5.41, 5.74) is -2.10. The molecule has 0 bridgehead atoms. The largest absolute Gasteiger partial charge is 0.431 e. The van der Waals surface area contributed by atoms with Crippen LogP contribution in [0.15, 0.2) is 23.0 Å². The number of aromatic nitrogens is 1. The van der Waals surface area contributed by atoms with Crippen LogP contribution in [0.3, 0.4) is 0 Å². The van der Waals surface area contributed by atoms with Crippen LogP contribution < -0.4 is 10.9 Å². The molecule has 1 heterocycles. The van der Waals surface area contributed by atoms with E-state index in [-0.39, 0.29) is 0 Å². The summed E-state index contributed by atoms with van der Waals surface area (Å²) >= 11 is 0. The second-order valence-electron chi connectivity index (χ2n) is 3.69. The first-order chi connectivity index (χ1) is 8.61. The summed E-state index contributed by atoms with van der Waals surface area (Å²) in [4.78, 5) is 11.3. The van der Waals surface area contributed by atoms with E-state index in [1.807, 2.05) is 5.32 Å². The van der Waals surface area contributed by atoms with Gasteiger partial charge in [-0.1, -0.05) is 6.07 Å². The molecule has 0 unspecified atom stereocenters. The van der Waals surface area contributed by atoms with Gasteiger partial charge in [-0.3, -0.25) is 4.79 Å². The van der Waals surface area contributed by atoms with Gasteiger partial charge in [0, 0.05) is 19.2 Å². The maximum Gasteiger partial charge on any atom is 0.431 e. The molecule has 19 heavy (non-hydrogen) atoms. The van der Waals surface area contributed by atoms with E-state index >= 15 is 0 Å². The summed E-state index contributed by atoms with van der Waals surface area (Å²) in [5.74, 6) is 0. The molecule has 1 aromatic rings. The molecule has 0 atom stereocenters. The van der Waals surface area contributed by atoms with Crippen LogP contribution in [0.4, 0.5) is 26.3 Å². The lowest BCUT2D eigenvalue weighted by molar-refractivity contribution is -0.144. The number of pyridine rings is 1. The predicted octanol–water partition coefficient (Wildman–Crippen LogP) is 2.02. The van der Waals surface area contributed by atoms with Crippen molar-refractivity contribution in [3.63, 3.8) is 0 Å². The van der Waals surface area contributed by atoms with Crippen molar-refractivity contribution in [1.29, 1.82) is 0 Å². The summed E-state index contributed by atoms with van der Waals surface area (Å²) in [6, 6.07) is 2.56. The Morgan fingerprint density at radius 3 is 2.26 bits per heavy atom. The van der Waals surface area contributed by atoms with Gasteiger partial charge in [0.05, 0.1) is 6.54 Å². The predicted molar refractivity (Wildman–Crippen MR) is 54.6 cm³/mol. The van der Waals surface area contributed by atoms with Gasteiger partial charge in [0.15, 0.2) is 0 Å². The molecule has 0 aromatic carbocycles. The zero-order chi connectivity index (χ0) is 14.7. The molecule has 0 fully saturated rings. The summed E-state index contributed by atoms with van der Waals surface area (Å²) < 4.78 is 73.5. The molecule has 0 aliphatic heterocycles. The Hall–Kier alpha value is -1.51. The van der Waals surface area contributed by atoms with Crippen molar-refractivity contribution in [2.75, 3.05) is 13.1 Å². The molecule has 1 aromatic heterocycles. The molecule has 1 N–H and O–H groups in total. The van der Waals surface area contributed by atoms with Crippen molar-refractivity contribution in [1.82, 2.24) is 9.88 Å². The first-order valence-corrected chi connectivity index (χ1v) is 5.16. The minimum Gasteiger partial charge on any atom is -0.307 e. The Labute approximate surface area is 103 Å². The van der Waals surface area contributed by atoms with E-state index in [0.29, 0.717) is 10.6 Å². The molecule has 0 spiro atoms. The van der Waals surface area contributed by atoms with E-state index in [2.05, 4.69) is 0 Å². The molecule has 0 amide bonds. The molecule has 0 saturated carbocycles. The zero-order valence-electron chi connectivity index (χ0n) is 9.48. The van der Waals surface area contributed by atoms with E-state index in [1.54, 1.807) is 0 Å². The summed E-state index contributed by atoms with van der Waals surface area (Å²) in [6.07, 6.45) is -9.18. The molecular formula is C10H10F6N2O. The third-order valence-electron chi connectivity index (χ3n) is 2.18. The highest BCUT2D eigenvalue weighted by Crippen LogP contribution is 2.27. The van der Waals surface area contributed by atoms with Crippen LogP contribution in [0.1, 0.15) is 5.69 Å². The molecule has 0 aliphatic carbocycles. The fraction of sp³-hybridized carbons (Fsp3) is 0.500. The summed E-state index contributed by atoms with van der Waals surface area (Å²) in [6.45, 7) is -2.22. The van der Waals surface area contributed by atoms with Gasteiger partial charge < -0.3 is 9.88 Å². The fourth-order valence-electron chi connectivity index (χ4n) is 1.42. The standard InChI is InChI=1S/C10H10F6N2O/c11-9(12,13)6-17-4-5-18-7(10(14,15)16)2-1-3-8(18)19/h1-3,17H,4-6H2. The van der Waals surface area contributed by atoms with Crippen molar-refractivity contribution in [2.24, 2.45) is 0 Å². The van der Waals surface area contributed by atoms with Crippen LogP contribution in [0, 0.1) is 0 Å². The van der Waals surface area contributed by atoms with Crippen LogP contribution in [0.25, 0.3) is 0 Å². The van der Waals surface area contributed by atoms with Crippen LogP contribution in [-0.4, -0.2) is 23.8 Å². The Bertz CT molecular complexity index is 476. The Morgan fingerprint density at radius 2 is 1.74 bits per heavy atom. The van der Waals surface area contributed by atoms with Crippen LogP contribution >= 0.6 is 0 Å². The maximum absolute atomic E-state index is 12.6. The quantitative estimate of drug-likeness (QED) is 0.679. The number of halogens is 6. The van der Waals surface area contributed by atoms with Gasteiger partial charge in [0.2, 0.25) is 0 Å². The normalized spacial score (nSPS) is 12.7. The smallest absolute Gasteiger partial charge is 0.307 e. The highest BCUT2D eigenvalue weighted by atomic mass is 19.4. The van der Waals surface area contributed by atoms with Crippen molar-refractivity contribution in [2.45, 2.75) is 18.9 Å². The van der Waals surface area contributed by atoms with E-state index in [1.165, 1.54) is 0 Å². The van der Waals surface area contributed by atoms with Gasteiger partial charge in [0.1, 0.15) is 5.69 Å². The Balaban J connectivity index is 2.76. The second kappa shape index (κ2) is 5.64. The molecule has 0 saturated heterocycles. The number of nitrogens with one attached hydrogen (secondary N) is 1. The number of rotatable bonds is 4. The van der Waals surface area contributed by atoms with Gasteiger partial charge in [-0.05, 0) is 6.07 Å². The average molecular weight is 288 g/mol. The minimum absolute atomic E-state index is 0.392. The van der Waals surface area contributed by atoms with Gasteiger partial charge in [0.25, 0.3) is 5.56 Å². The number of alkyl halides is 6. The van der Waals surface area contributed by atoms with Crippen molar-refractivity contribution < 1.29 is 26.3 Å². The zero-order valence-corrected chi connectivity index (χ0v) is 9.48. The molecule has 3 nitrogen and oxygen atoms in total. The Morgan fingerprint density at radius 1 is 1.11 bits per heavy atom. The first-order valence-electron chi connectivity index (χ1n) is 5.16. The number of nitrogens with zero attached hydrogens (tertiary/aromatic N) is 1. The molecule has 9 heteroatoms. The molecule has 0 radical (unpaired) electrons. The lowest BCUT2D eigenvalue weighted by Gasteiger charge is -2.15. The molecule has 0 aliphatic rings. The summed E-state index contributed by atoms with van der Waals surface area (Å²) in [7, 11) is 0. The minimum atomic E-state index is -4.73. The van der Waals surface area contributed by atoms with E-state index in [4.69, 9.17) is 0 Å². The SMILES string of the molecule is O=c1cccc(C(F)(F)F)n1CCNCC(F)(F)F. The van der Waals surface area contributed by atoms with Crippen LogP contribution in [0.2, 0.25) is 0 Å². The monoisotopic (exact) mass is 288 g/mol. The van der Waals surface area contributed by atoms with Gasteiger partial charge in [-0.25, -0.2) is 0 Å². The van der Waals surface area contributed by atoms with Gasteiger partial charge in [-0.15, -0.1) is 0 Å². The number of hydrogen-bond donors (Lipinski definition) is 1. The van der Waals surface area contributed by atoms with E-state index in [9.17, 15) is 31.1 Å². The average Bonchev–Trinajstić information content (AvgIpc) is 2.23. The van der Waals surface area contributed by atoms with E-state index < -0.39 is 43.2 Å². The van der Waals surface area contributed by atoms with Crippen molar-refractivity contribution in [3.8, 4) is 0 Å². The molecule has 108 valence electrons. The molecular weight excluding hydrogens is 278 g/mol. The summed E-state index contributed by atoms with van der Waals surface area (Å²) in [5, 5.41) is 1.93. The molecule has 1 rings (SSSR count). The van der Waals surface area contributed by atoms with Gasteiger partial charge >= 0.3 is 12.4 Å². The van der Waals surface area contributed by atoms with Gasteiger partial charge in [-0.2, -0.15) is 26.3 Å².